The molecule has 2 aromatic heterocycles. The molecule has 0 spiro atoms. The van der Waals surface area contributed by atoms with Gasteiger partial charge in [0.25, 0.3) is 0 Å². The number of thiophene rings is 2. The molecule has 0 aliphatic heterocycles. The molecular formula is C66H44N2S2. The number of rotatable bonds is 10. The van der Waals surface area contributed by atoms with E-state index in [1.807, 2.05) is 22.7 Å². The zero-order valence-electron chi connectivity index (χ0n) is 38.1. The molecule has 0 saturated heterocycles. The molecule has 0 aliphatic carbocycles. The molecular weight excluding hydrogens is 885 g/mol. The maximum Gasteiger partial charge on any atom is 0.0554 e. The van der Waals surface area contributed by atoms with Crippen molar-refractivity contribution in [1.82, 2.24) is 0 Å². The average molecular weight is 929 g/mol. The van der Waals surface area contributed by atoms with E-state index in [0.29, 0.717) is 0 Å². The summed E-state index contributed by atoms with van der Waals surface area (Å²) in [7, 11) is 0. The van der Waals surface area contributed by atoms with E-state index in [1.165, 1.54) is 73.7 Å². The van der Waals surface area contributed by atoms with Gasteiger partial charge in [-0.15, -0.1) is 22.7 Å². The molecule has 11 aromatic carbocycles. The maximum absolute atomic E-state index is 2.44. The molecule has 0 radical (unpaired) electrons. The van der Waals surface area contributed by atoms with Gasteiger partial charge in [-0.25, -0.2) is 0 Å². The molecule has 0 fully saturated rings. The SMILES string of the molecule is c1ccc(-c2ccc(-c3ccc(N(c4cccc(-c5cccc(N(c6ccc(-c7ccccc7)cc6)c6cccc7sc8ccccc8c67)c5)c4)c4cccc5sc6ccccc6c45)cc3)cc2)cc1. The van der Waals surface area contributed by atoms with Crippen LogP contribution in [0.15, 0.2) is 267 Å². The third kappa shape index (κ3) is 7.61. The van der Waals surface area contributed by atoms with Crippen LogP contribution in [-0.4, -0.2) is 0 Å². The summed E-state index contributed by atoms with van der Waals surface area (Å²) >= 11 is 3.71. The molecule has 4 heteroatoms. The van der Waals surface area contributed by atoms with E-state index >= 15 is 0 Å². The number of nitrogens with zero attached hydrogens (tertiary/aromatic N) is 2. The highest BCUT2D eigenvalue weighted by Gasteiger charge is 2.22. The third-order valence-electron chi connectivity index (χ3n) is 13.5. The molecule has 330 valence electrons. The molecule has 0 unspecified atom stereocenters. The van der Waals surface area contributed by atoms with Crippen LogP contribution in [0, 0.1) is 0 Å². The standard InChI is InChI=1S/C66H44N2S2/c1-3-15-45(16-4-1)47-31-33-48(34-32-47)50-37-41-54(42-38-50)68(60-26-14-30-64-66(60)58-24-8-10-28-62(58)70-64)56-22-12-20-52(44-56)51-19-11-21-55(43-51)67(53-39-35-49(36-40-53)46-17-5-2-6-18-46)59-25-13-29-63-65(59)57-23-7-9-27-61(57)69-63/h1-44H. The largest absolute Gasteiger partial charge is 0.310 e. The predicted octanol–water partition coefficient (Wildman–Crippen LogP) is 20.0. The normalized spacial score (nSPS) is 11.4. The zero-order valence-corrected chi connectivity index (χ0v) is 39.7. The maximum atomic E-state index is 2.44. The van der Waals surface area contributed by atoms with Crippen molar-refractivity contribution in [3.05, 3.63) is 267 Å². The Labute approximate surface area is 415 Å². The van der Waals surface area contributed by atoms with E-state index in [-0.39, 0.29) is 0 Å². The highest BCUT2D eigenvalue weighted by molar-refractivity contribution is 7.26. The van der Waals surface area contributed by atoms with Crippen molar-refractivity contribution in [3.63, 3.8) is 0 Å². The number of hydrogen-bond acceptors (Lipinski definition) is 4. The Bertz CT molecular complexity index is 3990. The Hall–Kier alpha value is -8.54. The zero-order chi connectivity index (χ0) is 46.4. The van der Waals surface area contributed by atoms with Crippen LogP contribution in [0.25, 0.3) is 84.9 Å². The van der Waals surface area contributed by atoms with Crippen LogP contribution in [0.4, 0.5) is 34.1 Å². The molecule has 0 atom stereocenters. The molecule has 0 aliphatic rings. The Morgan fingerprint density at radius 3 is 0.943 bits per heavy atom. The third-order valence-corrected chi connectivity index (χ3v) is 15.7. The molecule has 0 bridgehead atoms. The van der Waals surface area contributed by atoms with Crippen molar-refractivity contribution in [1.29, 1.82) is 0 Å². The first kappa shape index (κ1) is 41.6. The van der Waals surface area contributed by atoms with Crippen molar-refractivity contribution in [2.45, 2.75) is 0 Å². The van der Waals surface area contributed by atoms with Gasteiger partial charge in [-0.05, 0) is 129 Å². The lowest BCUT2D eigenvalue weighted by Gasteiger charge is -2.28. The van der Waals surface area contributed by atoms with Gasteiger partial charge in [-0.3, -0.25) is 0 Å². The molecule has 13 aromatic rings. The van der Waals surface area contributed by atoms with Gasteiger partial charge in [0.1, 0.15) is 0 Å². The Morgan fingerprint density at radius 1 is 0.214 bits per heavy atom. The summed E-state index contributed by atoms with van der Waals surface area (Å²) in [5.41, 5.74) is 16.2. The van der Waals surface area contributed by atoms with E-state index < -0.39 is 0 Å². The predicted molar refractivity (Wildman–Crippen MR) is 303 cm³/mol. The van der Waals surface area contributed by atoms with Crippen LogP contribution in [0.3, 0.4) is 0 Å². The van der Waals surface area contributed by atoms with Gasteiger partial charge >= 0.3 is 0 Å². The fraction of sp³-hybridized carbons (Fsp3) is 0. The van der Waals surface area contributed by atoms with Gasteiger partial charge in [0, 0.05) is 63.1 Å². The van der Waals surface area contributed by atoms with Crippen LogP contribution < -0.4 is 9.80 Å². The van der Waals surface area contributed by atoms with E-state index in [1.54, 1.807) is 0 Å². The van der Waals surface area contributed by atoms with Crippen LogP contribution in [-0.2, 0) is 0 Å². The second kappa shape index (κ2) is 17.8. The monoisotopic (exact) mass is 928 g/mol. The first-order valence-electron chi connectivity index (χ1n) is 23.7. The fourth-order valence-corrected chi connectivity index (χ4v) is 12.4. The van der Waals surface area contributed by atoms with Crippen molar-refractivity contribution >= 4 is 97.1 Å². The first-order chi connectivity index (χ1) is 34.7. The lowest BCUT2D eigenvalue weighted by atomic mass is 9.99. The van der Waals surface area contributed by atoms with E-state index in [0.717, 1.165) is 45.3 Å². The minimum absolute atomic E-state index is 1.09. The molecule has 2 nitrogen and oxygen atoms in total. The first-order valence-corrected chi connectivity index (χ1v) is 25.4. The van der Waals surface area contributed by atoms with Gasteiger partial charge in [-0.2, -0.15) is 0 Å². The summed E-state index contributed by atoms with van der Waals surface area (Å²) in [4.78, 5) is 4.88. The fourth-order valence-electron chi connectivity index (χ4n) is 10.1. The Balaban J connectivity index is 0.928. The van der Waals surface area contributed by atoms with Crippen LogP contribution in [0.5, 0.6) is 0 Å². The van der Waals surface area contributed by atoms with E-state index in [9.17, 15) is 0 Å². The highest BCUT2D eigenvalue weighted by atomic mass is 32.1. The van der Waals surface area contributed by atoms with E-state index in [4.69, 9.17) is 0 Å². The number of fused-ring (bicyclic) bond motifs is 6. The molecule has 0 N–H and O–H groups in total. The van der Waals surface area contributed by atoms with E-state index in [2.05, 4.69) is 277 Å². The topological polar surface area (TPSA) is 6.48 Å². The highest BCUT2D eigenvalue weighted by Crippen LogP contribution is 2.48. The minimum Gasteiger partial charge on any atom is -0.310 e. The lowest BCUT2D eigenvalue weighted by molar-refractivity contribution is 1.29. The molecule has 70 heavy (non-hydrogen) atoms. The van der Waals surface area contributed by atoms with Crippen molar-refractivity contribution in [2.24, 2.45) is 0 Å². The summed E-state index contributed by atoms with van der Waals surface area (Å²) in [5, 5.41) is 5.08. The van der Waals surface area contributed by atoms with Crippen LogP contribution in [0.2, 0.25) is 0 Å². The smallest absolute Gasteiger partial charge is 0.0554 e. The second-order valence-corrected chi connectivity index (χ2v) is 19.8. The number of hydrogen-bond donors (Lipinski definition) is 0. The van der Waals surface area contributed by atoms with Crippen LogP contribution in [0.1, 0.15) is 0 Å². The summed E-state index contributed by atoms with van der Waals surface area (Å²) in [6.45, 7) is 0. The lowest BCUT2D eigenvalue weighted by Crippen LogP contribution is -2.11. The van der Waals surface area contributed by atoms with Crippen molar-refractivity contribution < 1.29 is 0 Å². The average Bonchev–Trinajstić information content (AvgIpc) is 4.02. The van der Waals surface area contributed by atoms with Gasteiger partial charge < -0.3 is 9.80 Å². The summed E-state index contributed by atoms with van der Waals surface area (Å²) in [5.74, 6) is 0. The van der Waals surface area contributed by atoms with Gasteiger partial charge in [0.15, 0.2) is 0 Å². The minimum atomic E-state index is 1.09. The molecule has 2 heterocycles. The quantitative estimate of drug-likeness (QED) is 0.135. The van der Waals surface area contributed by atoms with Gasteiger partial charge in [0.2, 0.25) is 0 Å². The second-order valence-electron chi connectivity index (χ2n) is 17.7. The Kier molecular flexibility index (Phi) is 10.6. The van der Waals surface area contributed by atoms with Crippen molar-refractivity contribution in [3.8, 4) is 44.5 Å². The van der Waals surface area contributed by atoms with Gasteiger partial charge in [-0.1, -0.05) is 182 Å². The molecule has 0 amide bonds. The summed E-state index contributed by atoms with van der Waals surface area (Å²) < 4.78 is 5.12. The molecule has 0 saturated carbocycles. The molecule has 13 rings (SSSR count). The summed E-state index contributed by atoms with van der Waals surface area (Å²) in [6.07, 6.45) is 0. The Morgan fingerprint density at radius 2 is 0.529 bits per heavy atom. The number of anilines is 6. The summed E-state index contributed by atoms with van der Waals surface area (Å²) in [6, 6.07) is 97.4. The van der Waals surface area contributed by atoms with Gasteiger partial charge in [0.05, 0.1) is 11.4 Å². The van der Waals surface area contributed by atoms with Crippen molar-refractivity contribution in [2.75, 3.05) is 9.80 Å². The number of benzene rings is 11. The van der Waals surface area contributed by atoms with Crippen LogP contribution >= 0.6 is 22.7 Å².